The largest absolute Gasteiger partial charge is 0.380 e. The number of halogens is 1. The molecule has 0 saturated carbocycles. The van der Waals surface area contributed by atoms with Crippen molar-refractivity contribution in [2.24, 2.45) is 0 Å². The fraction of sp³-hybridized carbons (Fsp3) is 0.583. The summed E-state index contributed by atoms with van der Waals surface area (Å²) in [5.41, 5.74) is 1.000. The van der Waals surface area contributed by atoms with Gasteiger partial charge in [0, 0.05) is 25.0 Å². The number of rotatable bonds is 3. The lowest BCUT2D eigenvalue weighted by molar-refractivity contribution is 0.227. The van der Waals surface area contributed by atoms with E-state index in [0.29, 0.717) is 11.1 Å². The lowest BCUT2D eigenvalue weighted by atomic mass is 10.1. The molecule has 1 N–H and O–H groups in total. The van der Waals surface area contributed by atoms with Gasteiger partial charge in [0.1, 0.15) is 0 Å². The van der Waals surface area contributed by atoms with Crippen molar-refractivity contribution < 1.29 is 0 Å². The summed E-state index contributed by atoms with van der Waals surface area (Å²) in [4.78, 5) is 6.46. The van der Waals surface area contributed by atoms with Crippen LogP contribution in [0.5, 0.6) is 0 Å². The molecule has 88 valence electrons. The van der Waals surface area contributed by atoms with E-state index in [4.69, 9.17) is 11.6 Å². The van der Waals surface area contributed by atoms with Crippen LogP contribution in [0.25, 0.3) is 0 Å². The Morgan fingerprint density at radius 1 is 1.62 bits per heavy atom. The van der Waals surface area contributed by atoms with Crippen molar-refractivity contribution in [2.75, 3.05) is 25.0 Å². The molecule has 1 unspecified atom stereocenters. The molecule has 1 aromatic heterocycles. The minimum Gasteiger partial charge on any atom is -0.380 e. The van der Waals surface area contributed by atoms with Crippen LogP contribution in [0.15, 0.2) is 18.5 Å². The van der Waals surface area contributed by atoms with E-state index in [1.165, 1.54) is 19.4 Å². The fourth-order valence-electron chi connectivity index (χ4n) is 2.17. The molecule has 16 heavy (non-hydrogen) atoms. The molecule has 1 fully saturated rings. The number of anilines is 1. The molecule has 0 spiro atoms. The summed E-state index contributed by atoms with van der Waals surface area (Å²) in [6.07, 6.45) is 5.93. The van der Waals surface area contributed by atoms with E-state index in [-0.39, 0.29) is 0 Å². The van der Waals surface area contributed by atoms with E-state index in [9.17, 15) is 0 Å². The molecule has 1 aliphatic heterocycles. The molecular formula is C12H18ClN3. The maximum absolute atomic E-state index is 6.08. The van der Waals surface area contributed by atoms with E-state index in [0.717, 1.165) is 18.8 Å². The van der Waals surface area contributed by atoms with E-state index < -0.39 is 0 Å². The van der Waals surface area contributed by atoms with Gasteiger partial charge in [0.25, 0.3) is 0 Å². The molecule has 0 aromatic carbocycles. The molecule has 3 nitrogen and oxygen atoms in total. The molecule has 0 amide bonds. The summed E-state index contributed by atoms with van der Waals surface area (Å²) in [5, 5.41) is 4.20. The first-order valence-corrected chi connectivity index (χ1v) is 6.25. The second kappa shape index (κ2) is 5.51. The first kappa shape index (κ1) is 11.7. The Morgan fingerprint density at radius 2 is 2.50 bits per heavy atom. The Balaban J connectivity index is 1.97. The zero-order valence-corrected chi connectivity index (χ0v) is 10.4. The second-order valence-electron chi connectivity index (χ2n) is 4.23. The highest BCUT2D eigenvalue weighted by molar-refractivity contribution is 6.33. The van der Waals surface area contributed by atoms with E-state index >= 15 is 0 Å². The van der Waals surface area contributed by atoms with E-state index in [2.05, 4.69) is 22.1 Å². The summed E-state index contributed by atoms with van der Waals surface area (Å²) in [6.45, 7) is 5.66. The highest BCUT2D eigenvalue weighted by atomic mass is 35.5. The maximum Gasteiger partial charge on any atom is 0.0820 e. The summed E-state index contributed by atoms with van der Waals surface area (Å²) < 4.78 is 0. The lowest BCUT2D eigenvalue weighted by Gasteiger charge is -2.32. The Morgan fingerprint density at radius 3 is 3.25 bits per heavy atom. The van der Waals surface area contributed by atoms with Crippen LogP contribution in [-0.2, 0) is 0 Å². The van der Waals surface area contributed by atoms with Crippen LogP contribution < -0.4 is 5.32 Å². The number of pyridine rings is 1. The number of nitrogens with zero attached hydrogens (tertiary/aromatic N) is 2. The van der Waals surface area contributed by atoms with Gasteiger partial charge in [-0.3, -0.25) is 4.98 Å². The SMILES string of the molecule is CCN1CCCC(Nc2ccncc2Cl)C1. The number of nitrogens with one attached hydrogen (secondary N) is 1. The Bertz CT molecular complexity index is 343. The third-order valence-corrected chi connectivity index (χ3v) is 3.39. The molecule has 1 aliphatic rings. The molecule has 0 aliphatic carbocycles. The Kier molecular flexibility index (Phi) is 4.02. The van der Waals surface area contributed by atoms with Crippen molar-refractivity contribution in [2.45, 2.75) is 25.8 Å². The molecule has 2 heterocycles. The highest BCUT2D eigenvalue weighted by Gasteiger charge is 2.18. The van der Waals surface area contributed by atoms with Crippen molar-refractivity contribution in [3.63, 3.8) is 0 Å². The van der Waals surface area contributed by atoms with Gasteiger partial charge < -0.3 is 10.2 Å². The van der Waals surface area contributed by atoms with Crippen molar-refractivity contribution >= 4 is 17.3 Å². The molecule has 1 saturated heterocycles. The predicted molar refractivity (Wildman–Crippen MR) is 68.0 cm³/mol. The van der Waals surface area contributed by atoms with Crippen molar-refractivity contribution in [1.29, 1.82) is 0 Å². The number of piperidine rings is 1. The van der Waals surface area contributed by atoms with Crippen LogP contribution in [0.3, 0.4) is 0 Å². The lowest BCUT2D eigenvalue weighted by Crippen LogP contribution is -2.41. The van der Waals surface area contributed by atoms with Crippen LogP contribution in [0, 0.1) is 0 Å². The monoisotopic (exact) mass is 239 g/mol. The Hall–Kier alpha value is -0.800. The smallest absolute Gasteiger partial charge is 0.0820 e. The van der Waals surface area contributed by atoms with Gasteiger partial charge in [-0.1, -0.05) is 18.5 Å². The minimum absolute atomic E-state index is 0.508. The average Bonchev–Trinajstić information content (AvgIpc) is 2.32. The van der Waals surface area contributed by atoms with Crippen LogP contribution in [-0.4, -0.2) is 35.6 Å². The average molecular weight is 240 g/mol. The van der Waals surface area contributed by atoms with E-state index in [1.807, 2.05) is 6.07 Å². The molecule has 0 bridgehead atoms. The molecular weight excluding hydrogens is 222 g/mol. The number of aromatic nitrogens is 1. The molecule has 2 rings (SSSR count). The number of likely N-dealkylation sites (N-methyl/N-ethyl adjacent to an activating group) is 1. The second-order valence-corrected chi connectivity index (χ2v) is 4.64. The van der Waals surface area contributed by atoms with Gasteiger partial charge in [-0.15, -0.1) is 0 Å². The first-order valence-electron chi connectivity index (χ1n) is 5.88. The zero-order chi connectivity index (χ0) is 11.4. The standard InChI is InChI=1S/C12H18ClN3/c1-2-16-7-3-4-10(9-16)15-12-5-6-14-8-11(12)13/h5-6,8,10H,2-4,7,9H2,1H3,(H,14,15). The van der Waals surface area contributed by atoms with Gasteiger partial charge in [0.05, 0.1) is 10.7 Å². The van der Waals surface area contributed by atoms with Gasteiger partial charge in [-0.2, -0.15) is 0 Å². The van der Waals surface area contributed by atoms with Crippen molar-refractivity contribution in [3.05, 3.63) is 23.5 Å². The number of hydrogen-bond donors (Lipinski definition) is 1. The van der Waals surface area contributed by atoms with Gasteiger partial charge >= 0.3 is 0 Å². The summed E-state index contributed by atoms with van der Waals surface area (Å²) in [6, 6.07) is 2.45. The van der Waals surface area contributed by atoms with Crippen LogP contribution >= 0.6 is 11.6 Å². The molecule has 1 aromatic rings. The zero-order valence-electron chi connectivity index (χ0n) is 9.62. The molecule has 1 atom stereocenters. The van der Waals surface area contributed by atoms with Crippen LogP contribution in [0.4, 0.5) is 5.69 Å². The van der Waals surface area contributed by atoms with Gasteiger partial charge in [0.15, 0.2) is 0 Å². The van der Waals surface area contributed by atoms with Gasteiger partial charge in [-0.05, 0) is 32.0 Å². The van der Waals surface area contributed by atoms with Gasteiger partial charge in [0.2, 0.25) is 0 Å². The van der Waals surface area contributed by atoms with Crippen molar-refractivity contribution in [1.82, 2.24) is 9.88 Å². The van der Waals surface area contributed by atoms with Gasteiger partial charge in [-0.25, -0.2) is 0 Å². The fourth-order valence-corrected chi connectivity index (χ4v) is 2.35. The minimum atomic E-state index is 0.508. The summed E-state index contributed by atoms with van der Waals surface area (Å²) >= 11 is 6.08. The quantitative estimate of drug-likeness (QED) is 0.879. The third-order valence-electron chi connectivity index (χ3n) is 3.08. The topological polar surface area (TPSA) is 28.2 Å². The molecule has 0 radical (unpaired) electrons. The predicted octanol–water partition coefficient (Wildman–Crippen LogP) is 2.63. The first-order chi connectivity index (χ1) is 7.79. The highest BCUT2D eigenvalue weighted by Crippen LogP contribution is 2.22. The summed E-state index contributed by atoms with van der Waals surface area (Å²) in [7, 11) is 0. The van der Waals surface area contributed by atoms with Crippen molar-refractivity contribution in [3.8, 4) is 0 Å². The summed E-state index contributed by atoms with van der Waals surface area (Å²) in [5.74, 6) is 0. The maximum atomic E-state index is 6.08. The third kappa shape index (κ3) is 2.86. The number of likely N-dealkylation sites (tertiary alicyclic amines) is 1. The molecule has 4 heteroatoms. The normalized spacial score (nSPS) is 22.0. The Labute approximate surface area is 102 Å². The van der Waals surface area contributed by atoms with E-state index in [1.54, 1.807) is 12.4 Å². The van der Waals surface area contributed by atoms with Crippen LogP contribution in [0.1, 0.15) is 19.8 Å². The number of hydrogen-bond acceptors (Lipinski definition) is 3. The van der Waals surface area contributed by atoms with Crippen LogP contribution in [0.2, 0.25) is 5.02 Å².